The van der Waals surface area contributed by atoms with Gasteiger partial charge in [0.1, 0.15) is 0 Å². The SMILES string of the molecule is O=S1(=O)CCCCN1c1ccc(I)cc1. The van der Waals surface area contributed by atoms with E-state index in [-0.39, 0.29) is 5.75 Å². The number of sulfonamides is 1. The molecule has 1 heterocycles. The smallest absolute Gasteiger partial charge is 0.235 e. The molecule has 3 nitrogen and oxygen atoms in total. The van der Waals surface area contributed by atoms with Gasteiger partial charge < -0.3 is 0 Å². The Morgan fingerprint density at radius 3 is 2.40 bits per heavy atom. The fraction of sp³-hybridized carbons (Fsp3) is 0.400. The molecule has 0 aliphatic carbocycles. The average Bonchev–Trinajstić information content (AvgIpc) is 2.19. The molecule has 0 spiro atoms. The Balaban J connectivity index is 2.33. The van der Waals surface area contributed by atoms with Crippen LogP contribution in [-0.4, -0.2) is 20.7 Å². The van der Waals surface area contributed by atoms with Gasteiger partial charge in [-0.15, -0.1) is 0 Å². The van der Waals surface area contributed by atoms with E-state index >= 15 is 0 Å². The molecule has 0 unspecified atom stereocenters. The zero-order valence-electron chi connectivity index (χ0n) is 8.19. The number of benzene rings is 1. The highest BCUT2D eigenvalue weighted by Gasteiger charge is 2.25. The lowest BCUT2D eigenvalue weighted by atomic mass is 10.3. The van der Waals surface area contributed by atoms with E-state index in [1.807, 2.05) is 24.3 Å². The van der Waals surface area contributed by atoms with Crippen LogP contribution in [0.1, 0.15) is 12.8 Å². The minimum Gasteiger partial charge on any atom is -0.270 e. The molecule has 0 N–H and O–H groups in total. The van der Waals surface area contributed by atoms with Crippen LogP contribution in [-0.2, 0) is 10.0 Å². The summed E-state index contributed by atoms with van der Waals surface area (Å²) >= 11 is 2.21. The van der Waals surface area contributed by atoms with Gasteiger partial charge in [-0.2, -0.15) is 0 Å². The fourth-order valence-electron chi connectivity index (χ4n) is 1.69. The van der Waals surface area contributed by atoms with Gasteiger partial charge in [-0.25, -0.2) is 8.42 Å². The lowest BCUT2D eigenvalue weighted by molar-refractivity contribution is 0.574. The van der Waals surface area contributed by atoms with Crippen molar-refractivity contribution in [3.8, 4) is 0 Å². The third-order valence-corrected chi connectivity index (χ3v) is 5.05. The monoisotopic (exact) mass is 337 g/mol. The van der Waals surface area contributed by atoms with Crippen LogP contribution in [0.5, 0.6) is 0 Å². The minimum atomic E-state index is -3.06. The maximum absolute atomic E-state index is 11.8. The number of nitrogens with zero attached hydrogens (tertiary/aromatic N) is 1. The van der Waals surface area contributed by atoms with Crippen LogP contribution in [0.2, 0.25) is 0 Å². The second-order valence-electron chi connectivity index (χ2n) is 3.57. The first-order chi connectivity index (χ1) is 7.09. The summed E-state index contributed by atoms with van der Waals surface area (Å²) in [5, 5.41) is 0. The lowest BCUT2D eigenvalue weighted by Gasteiger charge is -2.28. The second kappa shape index (κ2) is 4.29. The van der Waals surface area contributed by atoms with Crippen LogP contribution in [0.15, 0.2) is 24.3 Å². The molecule has 1 aromatic rings. The summed E-state index contributed by atoms with van der Waals surface area (Å²) in [4.78, 5) is 0. The molecular weight excluding hydrogens is 325 g/mol. The Morgan fingerprint density at radius 2 is 1.80 bits per heavy atom. The van der Waals surface area contributed by atoms with E-state index in [1.165, 1.54) is 4.31 Å². The van der Waals surface area contributed by atoms with Gasteiger partial charge in [0, 0.05) is 10.1 Å². The van der Waals surface area contributed by atoms with Crippen molar-refractivity contribution in [1.82, 2.24) is 0 Å². The molecule has 82 valence electrons. The van der Waals surface area contributed by atoms with Crippen LogP contribution >= 0.6 is 22.6 Å². The summed E-state index contributed by atoms with van der Waals surface area (Å²) in [6.07, 6.45) is 1.73. The van der Waals surface area contributed by atoms with Gasteiger partial charge >= 0.3 is 0 Å². The van der Waals surface area contributed by atoms with Gasteiger partial charge in [0.05, 0.1) is 11.4 Å². The molecule has 1 fully saturated rings. The maximum atomic E-state index is 11.8. The first kappa shape index (κ1) is 11.2. The Kier molecular flexibility index (Phi) is 3.20. The van der Waals surface area contributed by atoms with Gasteiger partial charge in [-0.05, 0) is 59.7 Å². The predicted molar refractivity (Wildman–Crippen MR) is 69.5 cm³/mol. The summed E-state index contributed by atoms with van der Waals surface area (Å²) in [7, 11) is -3.06. The molecule has 2 rings (SSSR count). The van der Waals surface area contributed by atoms with Crippen LogP contribution in [0.25, 0.3) is 0 Å². The van der Waals surface area contributed by atoms with Crippen molar-refractivity contribution in [2.75, 3.05) is 16.6 Å². The minimum absolute atomic E-state index is 0.277. The number of anilines is 1. The molecule has 0 bridgehead atoms. The highest BCUT2D eigenvalue weighted by molar-refractivity contribution is 14.1. The highest BCUT2D eigenvalue weighted by Crippen LogP contribution is 2.23. The Bertz CT molecular complexity index is 441. The first-order valence-corrected chi connectivity index (χ1v) is 7.54. The molecule has 15 heavy (non-hydrogen) atoms. The largest absolute Gasteiger partial charge is 0.270 e. The van der Waals surface area contributed by atoms with E-state index in [0.717, 1.165) is 22.1 Å². The number of hydrogen-bond acceptors (Lipinski definition) is 2. The zero-order valence-corrected chi connectivity index (χ0v) is 11.2. The van der Waals surface area contributed by atoms with E-state index in [4.69, 9.17) is 0 Å². The maximum Gasteiger partial charge on any atom is 0.235 e. The van der Waals surface area contributed by atoms with E-state index in [2.05, 4.69) is 22.6 Å². The van der Waals surface area contributed by atoms with Crippen molar-refractivity contribution in [2.45, 2.75) is 12.8 Å². The first-order valence-electron chi connectivity index (χ1n) is 4.85. The van der Waals surface area contributed by atoms with Gasteiger partial charge in [-0.1, -0.05) is 0 Å². The van der Waals surface area contributed by atoms with Crippen LogP contribution in [0.3, 0.4) is 0 Å². The summed E-state index contributed by atoms with van der Waals surface area (Å²) in [6.45, 7) is 0.614. The van der Waals surface area contributed by atoms with Gasteiger partial charge in [0.25, 0.3) is 0 Å². The molecular formula is C10H12INO2S. The summed E-state index contributed by atoms with van der Waals surface area (Å²) < 4.78 is 26.2. The van der Waals surface area contributed by atoms with Crippen molar-refractivity contribution in [2.24, 2.45) is 0 Å². The topological polar surface area (TPSA) is 37.4 Å². The summed E-state index contributed by atoms with van der Waals surface area (Å²) in [5.74, 6) is 0.277. The van der Waals surface area contributed by atoms with Crippen molar-refractivity contribution >= 4 is 38.3 Å². The Morgan fingerprint density at radius 1 is 1.13 bits per heavy atom. The standard InChI is InChI=1S/C10H12INO2S/c11-9-3-5-10(6-4-9)12-7-1-2-8-15(12,13)14/h3-6H,1-2,7-8H2. The molecule has 0 saturated carbocycles. The number of halogens is 1. The molecule has 0 amide bonds. The van der Waals surface area contributed by atoms with Gasteiger partial charge in [0.15, 0.2) is 0 Å². The van der Waals surface area contributed by atoms with Crippen molar-refractivity contribution in [3.63, 3.8) is 0 Å². The molecule has 0 radical (unpaired) electrons. The highest BCUT2D eigenvalue weighted by atomic mass is 127. The molecule has 1 aliphatic heterocycles. The molecule has 1 aliphatic rings. The van der Waals surface area contributed by atoms with E-state index in [9.17, 15) is 8.42 Å². The van der Waals surface area contributed by atoms with Crippen molar-refractivity contribution in [3.05, 3.63) is 27.8 Å². The lowest BCUT2D eigenvalue weighted by Crippen LogP contribution is -2.37. The normalized spacial score (nSPS) is 20.2. The van der Waals surface area contributed by atoms with Crippen LogP contribution < -0.4 is 4.31 Å². The Labute approximate surface area is 104 Å². The number of rotatable bonds is 1. The van der Waals surface area contributed by atoms with Gasteiger partial charge in [0.2, 0.25) is 10.0 Å². The molecule has 1 aromatic carbocycles. The summed E-state index contributed by atoms with van der Waals surface area (Å²) in [6, 6.07) is 7.59. The third-order valence-electron chi connectivity index (χ3n) is 2.46. The number of hydrogen-bond donors (Lipinski definition) is 0. The predicted octanol–water partition coefficient (Wildman–Crippen LogP) is 2.22. The molecule has 0 atom stereocenters. The van der Waals surface area contributed by atoms with Crippen LogP contribution in [0, 0.1) is 3.57 Å². The fourth-order valence-corrected chi connectivity index (χ4v) is 3.69. The van der Waals surface area contributed by atoms with Crippen LogP contribution in [0.4, 0.5) is 5.69 Å². The third kappa shape index (κ3) is 2.44. The van der Waals surface area contributed by atoms with E-state index < -0.39 is 10.0 Å². The molecule has 1 saturated heterocycles. The van der Waals surface area contributed by atoms with E-state index in [0.29, 0.717) is 6.54 Å². The quantitative estimate of drug-likeness (QED) is 0.737. The Hall–Kier alpha value is -0.300. The average molecular weight is 337 g/mol. The van der Waals surface area contributed by atoms with Gasteiger partial charge in [-0.3, -0.25) is 4.31 Å². The molecule has 0 aromatic heterocycles. The van der Waals surface area contributed by atoms with E-state index in [1.54, 1.807) is 0 Å². The second-order valence-corrected chi connectivity index (χ2v) is 6.83. The zero-order chi connectivity index (χ0) is 10.9. The van der Waals surface area contributed by atoms with Crippen molar-refractivity contribution in [1.29, 1.82) is 0 Å². The molecule has 5 heteroatoms. The van der Waals surface area contributed by atoms with Crippen molar-refractivity contribution < 1.29 is 8.42 Å². The summed E-state index contributed by atoms with van der Waals surface area (Å²) in [5.41, 5.74) is 0.787.